The van der Waals surface area contributed by atoms with E-state index in [1.54, 1.807) is 6.92 Å². The van der Waals surface area contributed by atoms with Gasteiger partial charge in [-0.1, -0.05) is 0 Å². The van der Waals surface area contributed by atoms with Crippen molar-refractivity contribution in [2.45, 2.75) is 13.5 Å². The first kappa shape index (κ1) is 14.2. The van der Waals surface area contributed by atoms with Crippen molar-refractivity contribution in [2.24, 2.45) is 0 Å². The molecule has 0 amide bonds. The molecule has 0 atom stereocenters. The first-order valence-corrected chi connectivity index (χ1v) is 6.80. The molecule has 100 valence electrons. The third-order valence-corrected chi connectivity index (χ3v) is 2.99. The van der Waals surface area contributed by atoms with Gasteiger partial charge in [0.15, 0.2) is 0 Å². The summed E-state index contributed by atoms with van der Waals surface area (Å²) in [6.45, 7) is 1.31. The molecule has 1 rings (SSSR count). The molecule has 1 aromatic rings. The average Bonchev–Trinajstić information content (AvgIpc) is 2.23. The molecule has 0 aliphatic rings. The zero-order valence-electron chi connectivity index (χ0n) is 9.82. The molecule has 0 N–H and O–H groups in total. The summed E-state index contributed by atoms with van der Waals surface area (Å²) in [5.74, 6) is -0.684. The van der Waals surface area contributed by atoms with E-state index in [0.717, 1.165) is 23.2 Å². The predicted molar refractivity (Wildman–Crippen MR) is 61.8 cm³/mol. The van der Waals surface area contributed by atoms with Crippen LogP contribution in [0.3, 0.4) is 0 Å². The number of carbonyl (C=O) groups is 1. The molecule has 18 heavy (non-hydrogen) atoms. The van der Waals surface area contributed by atoms with Crippen LogP contribution in [0.15, 0.2) is 22.0 Å². The number of hydrogen-bond acceptors (Lipinski definition) is 6. The van der Waals surface area contributed by atoms with Crippen LogP contribution < -0.4 is 11.1 Å². The summed E-state index contributed by atoms with van der Waals surface area (Å²) >= 11 is 0. The summed E-state index contributed by atoms with van der Waals surface area (Å²) in [5.41, 5.74) is -2.33. The van der Waals surface area contributed by atoms with Crippen LogP contribution in [0, 0.1) is 0 Å². The fourth-order valence-corrected chi connectivity index (χ4v) is 1.88. The summed E-state index contributed by atoms with van der Waals surface area (Å²) in [7, 11) is -3.84. The molecule has 0 radical (unpaired) electrons. The van der Waals surface area contributed by atoms with Crippen LogP contribution in [0.5, 0.6) is 0 Å². The molecule has 8 nitrogen and oxygen atoms in total. The summed E-state index contributed by atoms with van der Waals surface area (Å²) in [5, 5.41) is 0. The van der Waals surface area contributed by atoms with E-state index in [4.69, 9.17) is 0 Å². The van der Waals surface area contributed by atoms with Crippen molar-refractivity contribution in [1.82, 2.24) is 8.54 Å². The minimum absolute atomic E-state index is 0.147. The molecule has 9 heteroatoms. The Morgan fingerprint density at radius 2 is 1.89 bits per heavy atom. The molecule has 0 aliphatic carbocycles. The maximum absolute atomic E-state index is 11.5. The van der Waals surface area contributed by atoms with Crippen LogP contribution in [0.2, 0.25) is 0 Å². The SMILES string of the molecule is CCOC(=O)Cn1ccn(S(C)(=O)=O)c(=O)c1=O. The van der Waals surface area contributed by atoms with Crippen LogP contribution in [0.25, 0.3) is 0 Å². The standard InChI is InChI=1S/C9H12N2O6S/c1-3-17-7(12)6-10-4-5-11(18(2,15)16)9(14)8(10)13/h4-5H,3,6H2,1-2H3. The van der Waals surface area contributed by atoms with Gasteiger partial charge in [-0.05, 0) is 6.92 Å². The molecule has 0 saturated carbocycles. The molecule has 0 unspecified atom stereocenters. The van der Waals surface area contributed by atoms with Crippen molar-refractivity contribution >= 4 is 16.0 Å². The van der Waals surface area contributed by atoms with E-state index in [1.807, 2.05) is 0 Å². The second-order valence-corrected chi connectivity index (χ2v) is 5.26. The molecule has 0 aliphatic heterocycles. The summed E-state index contributed by atoms with van der Waals surface area (Å²) < 4.78 is 28.1. The maximum atomic E-state index is 11.5. The number of esters is 1. The second-order valence-electron chi connectivity index (χ2n) is 3.40. The van der Waals surface area contributed by atoms with Crippen LogP contribution in [-0.4, -0.2) is 35.8 Å². The van der Waals surface area contributed by atoms with Gasteiger partial charge in [0.1, 0.15) is 6.54 Å². The van der Waals surface area contributed by atoms with Gasteiger partial charge in [0.05, 0.1) is 12.9 Å². The number of carbonyl (C=O) groups excluding carboxylic acids is 1. The number of nitrogens with zero attached hydrogens (tertiary/aromatic N) is 2. The lowest BCUT2D eigenvalue weighted by atomic mass is 10.5. The highest BCUT2D eigenvalue weighted by Gasteiger charge is 2.13. The summed E-state index contributed by atoms with van der Waals surface area (Å²) in [6, 6.07) is 0. The van der Waals surface area contributed by atoms with Crippen LogP contribution in [0.4, 0.5) is 0 Å². The Morgan fingerprint density at radius 3 is 2.39 bits per heavy atom. The Bertz CT molecular complexity index is 669. The average molecular weight is 276 g/mol. The Kier molecular flexibility index (Phi) is 4.07. The third-order valence-electron chi connectivity index (χ3n) is 1.99. The predicted octanol–water partition coefficient (Wildman–Crippen LogP) is -1.62. The Labute approximate surface area is 102 Å². The lowest BCUT2D eigenvalue weighted by Crippen LogP contribution is -2.43. The fraction of sp³-hybridized carbons (Fsp3) is 0.444. The molecule has 0 spiro atoms. The molecule has 0 bridgehead atoms. The van der Waals surface area contributed by atoms with E-state index in [9.17, 15) is 22.8 Å². The molecule has 1 aromatic heterocycles. The van der Waals surface area contributed by atoms with Gasteiger partial charge in [0.2, 0.25) is 10.0 Å². The molecule has 0 fully saturated rings. The van der Waals surface area contributed by atoms with Crippen molar-refractivity contribution in [3.63, 3.8) is 0 Å². The molecule has 0 aromatic carbocycles. The van der Waals surface area contributed by atoms with Gasteiger partial charge < -0.3 is 4.74 Å². The van der Waals surface area contributed by atoms with E-state index in [1.165, 1.54) is 0 Å². The van der Waals surface area contributed by atoms with Crippen molar-refractivity contribution in [1.29, 1.82) is 0 Å². The quantitative estimate of drug-likeness (QED) is 0.483. The Balaban J connectivity index is 3.22. The number of ether oxygens (including phenoxy) is 1. The largest absolute Gasteiger partial charge is 0.465 e. The van der Waals surface area contributed by atoms with Gasteiger partial charge in [-0.3, -0.25) is 19.0 Å². The van der Waals surface area contributed by atoms with Crippen LogP contribution >= 0.6 is 0 Å². The fourth-order valence-electron chi connectivity index (χ4n) is 1.22. The highest BCUT2D eigenvalue weighted by atomic mass is 32.2. The zero-order chi connectivity index (χ0) is 13.9. The van der Waals surface area contributed by atoms with Gasteiger partial charge in [0.25, 0.3) is 0 Å². The monoisotopic (exact) mass is 276 g/mol. The van der Waals surface area contributed by atoms with E-state index in [0.29, 0.717) is 3.97 Å². The third kappa shape index (κ3) is 3.06. The summed E-state index contributed by atoms with van der Waals surface area (Å²) in [4.78, 5) is 34.2. The van der Waals surface area contributed by atoms with E-state index >= 15 is 0 Å². The second kappa shape index (κ2) is 5.17. The van der Waals surface area contributed by atoms with Gasteiger partial charge >= 0.3 is 17.1 Å². The minimum atomic E-state index is -3.84. The smallest absolute Gasteiger partial charge is 0.330 e. The zero-order valence-corrected chi connectivity index (χ0v) is 10.6. The van der Waals surface area contributed by atoms with E-state index in [2.05, 4.69) is 4.74 Å². The van der Waals surface area contributed by atoms with E-state index in [-0.39, 0.29) is 6.61 Å². The van der Waals surface area contributed by atoms with Crippen molar-refractivity contribution in [3.05, 3.63) is 33.1 Å². The first-order valence-electron chi connectivity index (χ1n) is 4.95. The van der Waals surface area contributed by atoms with E-state index < -0.39 is 33.7 Å². The van der Waals surface area contributed by atoms with Crippen LogP contribution in [0.1, 0.15) is 6.92 Å². The number of rotatable bonds is 4. The Hall–Kier alpha value is -1.90. The molecular formula is C9H12N2O6S. The van der Waals surface area contributed by atoms with Gasteiger partial charge in [-0.2, -0.15) is 0 Å². The van der Waals surface area contributed by atoms with Gasteiger partial charge in [-0.15, -0.1) is 0 Å². The molecule has 0 saturated heterocycles. The van der Waals surface area contributed by atoms with Gasteiger partial charge in [-0.25, -0.2) is 12.4 Å². The Morgan fingerprint density at radius 1 is 1.28 bits per heavy atom. The van der Waals surface area contributed by atoms with Gasteiger partial charge in [0, 0.05) is 12.4 Å². The number of hydrogen-bond donors (Lipinski definition) is 0. The highest BCUT2D eigenvalue weighted by Crippen LogP contribution is 1.88. The molecule has 1 heterocycles. The lowest BCUT2D eigenvalue weighted by Gasteiger charge is -2.06. The van der Waals surface area contributed by atoms with Crippen molar-refractivity contribution in [2.75, 3.05) is 12.9 Å². The highest BCUT2D eigenvalue weighted by molar-refractivity contribution is 7.89. The normalized spacial score (nSPS) is 11.2. The molecular weight excluding hydrogens is 264 g/mol. The lowest BCUT2D eigenvalue weighted by molar-refractivity contribution is -0.143. The van der Waals surface area contributed by atoms with Crippen molar-refractivity contribution < 1.29 is 17.9 Å². The summed E-state index contributed by atoms with van der Waals surface area (Å²) in [6.07, 6.45) is 2.75. The number of aromatic nitrogens is 2. The topological polar surface area (TPSA) is 104 Å². The van der Waals surface area contributed by atoms with Crippen molar-refractivity contribution in [3.8, 4) is 0 Å². The minimum Gasteiger partial charge on any atom is -0.465 e. The first-order chi connectivity index (χ1) is 8.27. The maximum Gasteiger partial charge on any atom is 0.330 e. The van der Waals surface area contributed by atoms with Crippen LogP contribution in [-0.2, 0) is 26.1 Å².